The van der Waals surface area contributed by atoms with Crippen molar-refractivity contribution in [2.24, 2.45) is 0 Å². The number of anilines is 1. The molecule has 1 saturated carbocycles. The molecule has 1 aliphatic rings. The van der Waals surface area contributed by atoms with Crippen LogP contribution in [-0.4, -0.2) is 32.0 Å². The molecule has 1 fully saturated rings. The van der Waals surface area contributed by atoms with Crippen molar-refractivity contribution in [1.29, 1.82) is 0 Å². The summed E-state index contributed by atoms with van der Waals surface area (Å²) in [6.45, 7) is 2.51. The van der Waals surface area contributed by atoms with E-state index in [0.717, 1.165) is 70.3 Å². The highest BCUT2D eigenvalue weighted by atomic mass is 32.2. The Bertz CT molecular complexity index is 838. The Morgan fingerprint density at radius 2 is 1.77 bits per heavy atom. The molecule has 9 nitrogen and oxygen atoms in total. The molecule has 1 aromatic carbocycles. The SMILES string of the molecule is CCCCCCCCNC(=O)NS(=O)(=O)c1cc([N+](=O)[O-])ccc1NC1CCCCC1. The highest BCUT2D eigenvalue weighted by Gasteiger charge is 2.26. The summed E-state index contributed by atoms with van der Waals surface area (Å²) >= 11 is 0. The second-order valence-corrected chi connectivity index (χ2v) is 9.70. The summed E-state index contributed by atoms with van der Waals surface area (Å²) in [4.78, 5) is 22.4. The molecule has 2 amide bonds. The number of amides is 2. The van der Waals surface area contributed by atoms with Crippen LogP contribution in [0.5, 0.6) is 0 Å². The molecule has 0 radical (unpaired) electrons. The minimum absolute atomic E-state index is 0.102. The molecule has 174 valence electrons. The number of sulfonamides is 1. The van der Waals surface area contributed by atoms with Gasteiger partial charge in [0, 0.05) is 24.7 Å². The molecular formula is C21H34N4O5S. The summed E-state index contributed by atoms with van der Waals surface area (Å²) in [5.41, 5.74) is -0.0734. The fourth-order valence-corrected chi connectivity index (χ4v) is 4.87. The lowest BCUT2D eigenvalue weighted by Gasteiger charge is -2.25. The predicted octanol–water partition coefficient (Wildman–Crippen LogP) is 4.69. The third kappa shape index (κ3) is 8.35. The van der Waals surface area contributed by atoms with Gasteiger partial charge >= 0.3 is 6.03 Å². The van der Waals surface area contributed by atoms with Crippen LogP contribution in [0.1, 0.15) is 77.6 Å². The number of nitro benzene ring substituents is 1. The molecule has 3 N–H and O–H groups in total. The van der Waals surface area contributed by atoms with Crippen molar-refractivity contribution in [2.45, 2.75) is 88.5 Å². The number of carbonyl (C=O) groups excluding carboxylic acids is 1. The Labute approximate surface area is 184 Å². The number of urea groups is 1. The maximum absolute atomic E-state index is 12.9. The van der Waals surface area contributed by atoms with Crippen molar-refractivity contribution < 1.29 is 18.1 Å². The van der Waals surface area contributed by atoms with Gasteiger partial charge < -0.3 is 10.6 Å². The van der Waals surface area contributed by atoms with Crippen LogP contribution in [0.2, 0.25) is 0 Å². The molecular weight excluding hydrogens is 420 g/mol. The first kappa shape index (κ1) is 24.9. The molecule has 0 unspecified atom stereocenters. The summed E-state index contributed by atoms with van der Waals surface area (Å²) in [5.74, 6) is 0. The lowest BCUT2D eigenvalue weighted by atomic mass is 9.95. The molecule has 0 aromatic heterocycles. The van der Waals surface area contributed by atoms with E-state index in [2.05, 4.69) is 17.6 Å². The van der Waals surface area contributed by atoms with Crippen LogP contribution in [0, 0.1) is 10.1 Å². The maximum atomic E-state index is 12.9. The van der Waals surface area contributed by atoms with Gasteiger partial charge in [0.25, 0.3) is 15.7 Å². The van der Waals surface area contributed by atoms with Crippen molar-refractivity contribution in [2.75, 3.05) is 11.9 Å². The third-order valence-electron chi connectivity index (χ3n) is 5.47. The average molecular weight is 455 g/mol. The van der Waals surface area contributed by atoms with Gasteiger partial charge in [-0.25, -0.2) is 17.9 Å². The first-order chi connectivity index (χ1) is 14.8. The molecule has 1 aromatic rings. The minimum atomic E-state index is -4.28. The number of rotatable bonds is 12. The zero-order valence-electron chi connectivity index (χ0n) is 18.2. The van der Waals surface area contributed by atoms with Gasteiger partial charge in [0.15, 0.2) is 0 Å². The van der Waals surface area contributed by atoms with Crippen LogP contribution < -0.4 is 15.4 Å². The highest BCUT2D eigenvalue weighted by molar-refractivity contribution is 7.90. The number of non-ortho nitro benzene ring substituents is 1. The Morgan fingerprint density at radius 3 is 2.45 bits per heavy atom. The van der Waals surface area contributed by atoms with Crippen molar-refractivity contribution in [3.8, 4) is 0 Å². The second kappa shape index (κ2) is 12.5. The second-order valence-electron chi connectivity index (χ2n) is 8.05. The average Bonchev–Trinajstić information content (AvgIpc) is 2.73. The Morgan fingerprint density at radius 1 is 1.10 bits per heavy atom. The lowest BCUT2D eigenvalue weighted by Crippen LogP contribution is -2.40. The van der Waals surface area contributed by atoms with Crippen LogP contribution in [0.3, 0.4) is 0 Å². The lowest BCUT2D eigenvalue weighted by molar-refractivity contribution is -0.385. The fraction of sp³-hybridized carbons (Fsp3) is 0.667. The van der Waals surface area contributed by atoms with Crippen molar-refractivity contribution >= 4 is 27.4 Å². The smallest absolute Gasteiger partial charge is 0.328 e. The number of hydrogen-bond donors (Lipinski definition) is 3. The number of nitrogens with one attached hydrogen (secondary N) is 3. The van der Waals surface area contributed by atoms with E-state index >= 15 is 0 Å². The number of benzene rings is 1. The summed E-state index contributed by atoms with van der Waals surface area (Å²) in [7, 11) is -4.28. The molecule has 31 heavy (non-hydrogen) atoms. The van der Waals surface area contributed by atoms with Crippen molar-refractivity contribution in [3.63, 3.8) is 0 Å². The molecule has 0 aliphatic heterocycles. The molecule has 0 bridgehead atoms. The van der Waals surface area contributed by atoms with Gasteiger partial charge in [-0.05, 0) is 25.3 Å². The Balaban J connectivity index is 2.02. The largest absolute Gasteiger partial charge is 0.381 e. The van der Waals surface area contributed by atoms with E-state index in [1.807, 2.05) is 4.72 Å². The molecule has 1 aliphatic carbocycles. The van der Waals surface area contributed by atoms with Crippen LogP contribution in [0.25, 0.3) is 0 Å². The number of nitrogens with zero attached hydrogens (tertiary/aromatic N) is 1. The fourth-order valence-electron chi connectivity index (χ4n) is 3.75. The van der Waals surface area contributed by atoms with E-state index < -0.39 is 21.0 Å². The normalized spacial score (nSPS) is 14.7. The summed E-state index contributed by atoms with van der Waals surface area (Å²) in [6.07, 6.45) is 11.4. The van der Waals surface area contributed by atoms with Crippen LogP contribution in [-0.2, 0) is 10.0 Å². The molecule has 0 atom stereocenters. The quantitative estimate of drug-likeness (QED) is 0.239. The summed E-state index contributed by atoms with van der Waals surface area (Å²) < 4.78 is 27.7. The van der Waals surface area contributed by atoms with Gasteiger partial charge in [-0.15, -0.1) is 0 Å². The maximum Gasteiger partial charge on any atom is 0.328 e. The van der Waals surface area contributed by atoms with E-state index in [0.29, 0.717) is 6.54 Å². The van der Waals surface area contributed by atoms with E-state index in [-0.39, 0.29) is 22.3 Å². The van der Waals surface area contributed by atoms with Crippen LogP contribution >= 0.6 is 0 Å². The first-order valence-corrected chi connectivity index (χ1v) is 12.7. The number of unbranched alkanes of at least 4 members (excludes halogenated alkanes) is 5. The van der Waals surface area contributed by atoms with Crippen LogP contribution in [0.15, 0.2) is 23.1 Å². The van der Waals surface area contributed by atoms with Crippen LogP contribution in [0.4, 0.5) is 16.2 Å². The molecule has 0 spiro atoms. The molecule has 0 saturated heterocycles. The van der Waals surface area contributed by atoms with E-state index in [4.69, 9.17) is 0 Å². The zero-order valence-corrected chi connectivity index (χ0v) is 19.0. The number of carbonyl (C=O) groups is 1. The topological polar surface area (TPSA) is 130 Å². The minimum Gasteiger partial charge on any atom is -0.381 e. The van der Waals surface area contributed by atoms with E-state index in [1.165, 1.54) is 18.6 Å². The molecule has 10 heteroatoms. The van der Waals surface area contributed by atoms with Crippen molar-refractivity contribution in [1.82, 2.24) is 10.0 Å². The zero-order chi connectivity index (χ0) is 22.7. The van der Waals surface area contributed by atoms with Gasteiger partial charge in [0.05, 0.1) is 10.6 Å². The monoisotopic (exact) mass is 454 g/mol. The van der Waals surface area contributed by atoms with E-state index in [9.17, 15) is 23.3 Å². The van der Waals surface area contributed by atoms with Gasteiger partial charge in [-0.1, -0.05) is 58.3 Å². The summed E-state index contributed by atoms with van der Waals surface area (Å²) in [6, 6.07) is 2.93. The van der Waals surface area contributed by atoms with Gasteiger partial charge in [-0.2, -0.15) is 0 Å². The third-order valence-corrected chi connectivity index (χ3v) is 6.84. The number of hydrogen-bond acceptors (Lipinski definition) is 6. The van der Waals surface area contributed by atoms with Gasteiger partial charge in [0.1, 0.15) is 4.90 Å². The Kier molecular flexibility index (Phi) is 10.0. The molecule has 0 heterocycles. The Hall–Kier alpha value is -2.36. The first-order valence-electron chi connectivity index (χ1n) is 11.2. The van der Waals surface area contributed by atoms with Crippen molar-refractivity contribution in [3.05, 3.63) is 28.3 Å². The van der Waals surface area contributed by atoms with Gasteiger partial charge in [0.2, 0.25) is 0 Å². The summed E-state index contributed by atoms with van der Waals surface area (Å²) in [5, 5.41) is 16.9. The molecule has 2 rings (SSSR count). The predicted molar refractivity (Wildman–Crippen MR) is 121 cm³/mol. The van der Waals surface area contributed by atoms with Gasteiger partial charge in [-0.3, -0.25) is 10.1 Å². The van der Waals surface area contributed by atoms with E-state index in [1.54, 1.807) is 0 Å². The number of nitro groups is 1. The standard InChI is InChI=1S/C21H34N4O5S/c1-2-3-4-5-6-10-15-22-21(26)24-31(29,30)20-16-18(25(27)28)13-14-19(20)23-17-11-8-7-9-12-17/h13-14,16-17,23H,2-12,15H2,1H3,(H2,22,24,26). The highest BCUT2D eigenvalue weighted by Crippen LogP contribution is 2.29.